The Hall–Kier alpha value is -3.88. The Morgan fingerprint density at radius 3 is 2.66 bits per heavy atom. The number of nitrogens with one attached hydrogen (secondary N) is 2. The van der Waals surface area contributed by atoms with E-state index in [0.717, 1.165) is 5.39 Å². The zero-order chi connectivity index (χ0) is 22.7. The van der Waals surface area contributed by atoms with E-state index in [4.69, 9.17) is 14.2 Å². The molecule has 0 unspecified atom stereocenters. The van der Waals surface area contributed by atoms with Crippen molar-refractivity contribution >= 4 is 28.6 Å². The number of methoxy groups -OCH3 is 1. The molecule has 0 bridgehead atoms. The second-order valence-electron chi connectivity index (χ2n) is 7.65. The average molecular weight is 436 g/mol. The summed E-state index contributed by atoms with van der Waals surface area (Å²) in [5.41, 5.74) is 1.14. The molecule has 0 saturated carbocycles. The predicted octanol–water partition coefficient (Wildman–Crippen LogP) is 2.90. The zero-order valence-corrected chi connectivity index (χ0v) is 18.0. The van der Waals surface area contributed by atoms with Crippen molar-refractivity contribution in [3.63, 3.8) is 0 Å². The fourth-order valence-corrected chi connectivity index (χ4v) is 3.38. The summed E-state index contributed by atoms with van der Waals surface area (Å²) in [4.78, 5) is 34.0. The van der Waals surface area contributed by atoms with Gasteiger partial charge in [0, 0.05) is 10.9 Å². The van der Waals surface area contributed by atoms with E-state index in [1.54, 1.807) is 18.2 Å². The van der Waals surface area contributed by atoms with Gasteiger partial charge in [-0.05, 0) is 36.2 Å². The number of rotatable bonds is 7. The SMILES string of the molecule is COC(=O)[C@@H](Nc1nc(CNC(=O)c2ccc3c(c2)OCO3)nc2ccccc12)C(C)C. The fourth-order valence-electron chi connectivity index (χ4n) is 3.38. The van der Waals surface area contributed by atoms with Gasteiger partial charge in [-0.2, -0.15) is 0 Å². The molecule has 1 aliphatic heterocycles. The first-order valence-electron chi connectivity index (χ1n) is 10.2. The number of hydrogen-bond donors (Lipinski definition) is 2. The number of aromatic nitrogens is 2. The van der Waals surface area contributed by atoms with Crippen LogP contribution in [0.15, 0.2) is 42.5 Å². The third kappa shape index (κ3) is 4.41. The molecule has 0 aliphatic carbocycles. The Balaban J connectivity index is 1.56. The second-order valence-corrected chi connectivity index (χ2v) is 7.65. The number of benzene rings is 2. The van der Waals surface area contributed by atoms with Crippen LogP contribution in [-0.4, -0.2) is 41.8 Å². The molecule has 1 aromatic heterocycles. The normalized spacial score (nSPS) is 13.1. The number of fused-ring (bicyclic) bond motifs is 2. The number of para-hydroxylation sites is 1. The molecule has 0 spiro atoms. The van der Waals surface area contributed by atoms with Crippen LogP contribution in [0.1, 0.15) is 30.0 Å². The topological polar surface area (TPSA) is 112 Å². The lowest BCUT2D eigenvalue weighted by Gasteiger charge is -2.21. The van der Waals surface area contributed by atoms with E-state index in [0.29, 0.717) is 34.2 Å². The zero-order valence-electron chi connectivity index (χ0n) is 18.0. The van der Waals surface area contributed by atoms with Crippen molar-refractivity contribution in [2.75, 3.05) is 19.2 Å². The standard InChI is InChI=1S/C23H24N4O5/c1-13(2)20(23(29)30-3)27-21-15-6-4-5-7-16(15)25-19(26-21)11-24-22(28)14-8-9-17-18(10-14)32-12-31-17/h4-10,13,20H,11-12H2,1-3H3,(H,24,28)(H,25,26,27)/t20-/m0/s1. The second kappa shape index (κ2) is 9.09. The van der Waals surface area contributed by atoms with E-state index in [2.05, 4.69) is 20.6 Å². The summed E-state index contributed by atoms with van der Waals surface area (Å²) in [6.45, 7) is 4.09. The minimum atomic E-state index is -0.575. The van der Waals surface area contributed by atoms with Crippen molar-refractivity contribution in [2.24, 2.45) is 5.92 Å². The summed E-state index contributed by atoms with van der Waals surface area (Å²) < 4.78 is 15.5. The van der Waals surface area contributed by atoms with Gasteiger partial charge >= 0.3 is 5.97 Å². The van der Waals surface area contributed by atoms with Crippen LogP contribution in [0.25, 0.3) is 10.9 Å². The summed E-state index contributed by atoms with van der Waals surface area (Å²) in [5, 5.41) is 6.79. The van der Waals surface area contributed by atoms with Crippen LogP contribution in [0.4, 0.5) is 5.82 Å². The number of anilines is 1. The van der Waals surface area contributed by atoms with E-state index in [-0.39, 0.29) is 31.1 Å². The number of esters is 1. The van der Waals surface area contributed by atoms with Gasteiger partial charge in [0.05, 0.1) is 19.2 Å². The highest BCUT2D eigenvalue weighted by molar-refractivity contribution is 5.95. The number of nitrogens with zero attached hydrogens (tertiary/aromatic N) is 2. The Morgan fingerprint density at radius 2 is 1.88 bits per heavy atom. The molecule has 1 atom stereocenters. The van der Waals surface area contributed by atoms with Crippen molar-refractivity contribution < 1.29 is 23.8 Å². The molecular formula is C23H24N4O5. The molecule has 2 N–H and O–H groups in total. The maximum Gasteiger partial charge on any atom is 0.328 e. The summed E-state index contributed by atoms with van der Waals surface area (Å²) in [6, 6.07) is 11.9. The predicted molar refractivity (Wildman–Crippen MR) is 118 cm³/mol. The molecule has 2 aromatic carbocycles. The Bertz CT molecular complexity index is 1160. The van der Waals surface area contributed by atoms with Crippen LogP contribution in [0.3, 0.4) is 0 Å². The first-order chi connectivity index (χ1) is 15.5. The summed E-state index contributed by atoms with van der Waals surface area (Å²) in [6.07, 6.45) is 0. The van der Waals surface area contributed by atoms with Crippen LogP contribution in [-0.2, 0) is 16.1 Å². The quantitative estimate of drug-likeness (QED) is 0.544. The van der Waals surface area contributed by atoms with Crippen molar-refractivity contribution in [3.8, 4) is 11.5 Å². The van der Waals surface area contributed by atoms with Gasteiger partial charge in [0.25, 0.3) is 5.91 Å². The first-order valence-corrected chi connectivity index (χ1v) is 10.2. The minimum absolute atomic E-state index is 0.0228. The van der Waals surface area contributed by atoms with Crippen molar-refractivity contribution in [1.29, 1.82) is 0 Å². The molecule has 166 valence electrons. The van der Waals surface area contributed by atoms with Crippen molar-refractivity contribution in [2.45, 2.75) is 26.4 Å². The van der Waals surface area contributed by atoms with Crippen LogP contribution in [0.2, 0.25) is 0 Å². The Kier molecular flexibility index (Phi) is 6.07. The van der Waals surface area contributed by atoms with Gasteiger partial charge in [0.2, 0.25) is 6.79 Å². The van der Waals surface area contributed by atoms with Gasteiger partial charge in [0.1, 0.15) is 11.9 Å². The minimum Gasteiger partial charge on any atom is -0.467 e. The average Bonchev–Trinajstić information content (AvgIpc) is 3.28. The summed E-state index contributed by atoms with van der Waals surface area (Å²) in [7, 11) is 1.36. The molecule has 1 amide bonds. The lowest BCUT2D eigenvalue weighted by atomic mass is 10.0. The molecule has 3 aromatic rings. The van der Waals surface area contributed by atoms with Crippen molar-refractivity contribution in [1.82, 2.24) is 15.3 Å². The van der Waals surface area contributed by atoms with E-state index in [1.807, 2.05) is 38.1 Å². The molecule has 1 aliphatic rings. The molecule has 9 nitrogen and oxygen atoms in total. The van der Waals surface area contributed by atoms with E-state index >= 15 is 0 Å². The highest BCUT2D eigenvalue weighted by atomic mass is 16.7. The lowest BCUT2D eigenvalue weighted by Crippen LogP contribution is -2.36. The number of carbonyl (C=O) groups excluding carboxylic acids is 2. The van der Waals surface area contributed by atoms with Crippen LogP contribution in [0, 0.1) is 5.92 Å². The van der Waals surface area contributed by atoms with E-state index in [9.17, 15) is 9.59 Å². The van der Waals surface area contributed by atoms with Gasteiger partial charge in [0.15, 0.2) is 17.3 Å². The van der Waals surface area contributed by atoms with Crippen molar-refractivity contribution in [3.05, 3.63) is 53.9 Å². The molecule has 9 heteroatoms. The van der Waals surface area contributed by atoms with Gasteiger partial charge in [-0.3, -0.25) is 4.79 Å². The van der Waals surface area contributed by atoms with E-state index < -0.39 is 6.04 Å². The highest BCUT2D eigenvalue weighted by Crippen LogP contribution is 2.32. The molecule has 32 heavy (non-hydrogen) atoms. The van der Waals surface area contributed by atoms with Gasteiger partial charge in [-0.1, -0.05) is 26.0 Å². The third-order valence-corrected chi connectivity index (χ3v) is 5.11. The van der Waals surface area contributed by atoms with Crippen LogP contribution >= 0.6 is 0 Å². The Morgan fingerprint density at radius 1 is 1.09 bits per heavy atom. The smallest absolute Gasteiger partial charge is 0.328 e. The number of amides is 1. The first kappa shape index (κ1) is 21.4. The van der Waals surface area contributed by atoms with Gasteiger partial charge < -0.3 is 24.8 Å². The lowest BCUT2D eigenvalue weighted by molar-refractivity contribution is -0.142. The number of carbonyl (C=O) groups is 2. The molecular weight excluding hydrogens is 412 g/mol. The molecule has 4 rings (SSSR count). The highest BCUT2D eigenvalue weighted by Gasteiger charge is 2.24. The fraction of sp³-hybridized carbons (Fsp3) is 0.304. The maximum atomic E-state index is 12.6. The largest absolute Gasteiger partial charge is 0.467 e. The number of ether oxygens (including phenoxy) is 3. The van der Waals surface area contributed by atoms with Gasteiger partial charge in [-0.25, -0.2) is 14.8 Å². The Labute approximate surface area is 185 Å². The number of hydrogen-bond acceptors (Lipinski definition) is 8. The molecule has 0 fully saturated rings. The van der Waals surface area contributed by atoms with Gasteiger partial charge in [-0.15, -0.1) is 0 Å². The van der Waals surface area contributed by atoms with Crippen LogP contribution in [0.5, 0.6) is 11.5 Å². The molecule has 0 radical (unpaired) electrons. The maximum absolute atomic E-state index is 12.6. The van der Waals surface area contributed by atoms with E-state index in [1.165, 1.54) is 7.11 Å². The molecule has 0 saturated heterocycles. The monoisotopic (exact) mass is 436 g/mol. The van der Waals surface area contributed by atoms with Crippen LogP contribution < -0.4 is 20.1 Å². The summed E-state index contributed by atoms with van der Waals surface area (Å²) in [5.74, 6) is 1.38. The third-order valence-electron chi connectivity index (χ3n) is 5.11. The summed E-state index contributed by atoms with van der Waals surface area (Å²) >= 11 is 0. The molecule has 2 heterocycles.